The summed E-state index contributed by atoms with van der Waals surface area (Å²) in [4.78, 5) is 43.0. The number of pyridine rings is 1. The van der Waals surface area contributed by atoms with E-state index in [1.54, 1.807) is 16.5 Å². The van der Waals surface area contributed by atoms with Crippen LogP contribution in [-0.4, -0.2) is 61.8 Å². The lowest BCUT2D eigenvalue weighted by Gasteiger charge is -2.41. The summed E-state index contributed by atoms with van der Waals surface area (Å²) >= 11 is 14.0. The lowest BCUT2D eigenvalue weighted by Crippen LogP contribution is -2.55. The van der Waals surface area contributed by atoms with Gasteiger partial charge in [0, 0.05) is 25.7 Å². The van der Waals surface area contributed by atoms with Gasteiger partial charge in [-0.05, 0) is 39.7 Å². The van der Waals surface area contributed by atoms with Crippen LogP contribution < -0.4 is 10.6 Å². The van der Waals surface area contributed by atoms with Crippen LogP contribution in [0.4, 0.5) is 10.6 Å². The number of fused-ring (bicyclic) bond motifs is 1. The lowest BCUT2D eigenvalue weighted by molar-refractivity contribution is 0.0218. The first-order valence-corrected chi connectivity index (χ1v) is 13.0. The molecular weight excluding hydrogens is 511 g/mol. The van der Waals surface area contributed by atoms with E-state index >= 15 is 0 Å². The summed E-state index contributed by atoms with van der Waals surface area (Å²) in [6.07, 6.45) is -0.361. The van der Waals surface area contributed by atoms with Crippen molar-refractivity contribution in [1.82, 2.24) is 24.4 Å². The Balaban J connectivity index is 1.79. The molecule has 3 aromatic heterocycles. The maximum absolute atomic E-state index is 13.4. The number of aromatic nitrogens is 4. The monoisotopic (exact) mass is 538 g/mol. The topological polar surface area (TPSA) is 93.5 Å². The minimum absolute atomic E-state index is 0.0987. The Bertz CT molecular complexity index is 1330. The molecule has 1 amide bonds. The van der Waals surface area contributed by atoms with E-state index in [4.69, 9.17) is 27.9 Å². The summed E-state index contributed by atoms with van der Waals surface area (Å²) < 4.78 is 6.98. The highest BCUT2D eigenvalue weighted by Crippen LogP contribution is 2.34. The summed E-state index contributed by atoms with van der Waals surface area (Å²) in [6, 6.07) is 1.55. The van der Waals surface area contributed by atoms with Gasteiger partial charge in [-0.25, -0.2) is 24.1 Å². The van der Waals surface area contributed by atoms with Gasteiger partial charge in [0.25, 0.3) is 0 Å². The highest BCUT2D eigenvalue weighted by molar-refractivity contribution is 7.12. The van der Waals surface area contributed by atoms with Gasteiger partial charge in [-0.15, -0.1) is 11.3 Å². The predicted molar refractivity (Wildman–Crippen MR) is 140 cm³/mol. The molecule has 0 aromatic carbocycles. The predicted octanol–water partition coefficient (Wildman–Crippen LogP) is 5.11. The van der Waals surface area contributed by atoms with Crippen LogP contribution in [-0.2, 0) is 4.74 Å². The molecule has 1 aliphatic heterocycles. The molecule has 1 aliphatic rings. The van der Waals surface area contributed by atoms with Crippen LogP contribution >= 0.6 is 34.5 Å². The van der Waals surface area contributed by atoms with Crippen LogP contribution in [0.5, 0.6) is 0 Å². The highest BCUT2D eigenvalue weighted by Gasteiger charge is 2.32. The number of amides is 1. The van der Waals surface area contributed by atoms with Gasteiger partial charge >= 0.3 is 11.8 Å². The average Bonchev–Trinajstić information content (AvgIpc) is 3.23. The summed E-state index contributed by atoms with van der Waals surface area (Å²) in [7, 11) is 0. The van der Waals surface area contributed by atoms with Crippen molar-refractivity contribution in [3.8, 4) is 5.00 Å². The molecule has 35 heavy (non-hydrogen) atoms. The minimum atomic E-state index is -0.576. The number of nitrogens with zero attached hydrogens (tertiary/aromatic N) is 6. The third-order valence-electron chi connectivity index (χ3n) is 5.64. The lowest BCUT2D eigenvalue weighted by atomic mass is 10.1. The van der Waals surface area contributed by atoms with Crippen molar-refractivity contribution >= 4 is 57.5 Å². The first kappa shape index (κ1) is 25.7. The van der Waals surface area contributed by atoms with Crippen molar-refractivity contribution in [1.29, 1.82) is 0 Å². The van der Waals surface area contributed by atoms with Gasteiger partial charge in [-0.1, -0.05) is 37.0 Å². The first-order chi connectivity index (χ1) is 16.4. The third-order valence-corrected chi connectivity index (χ3v) is 7.13. The zero-order valence-corrected chi connectivity index (χ0v) is 22.8. The average molecular weight is 539 g/mol. The van der Waals surface area contributed by atoms with Crippen molar-refractivity contribution in [3.05, 3.63) is 37.9 Å². The second kappa shape index (κ2) is 9.55. The van der Waals surface area contributed by atoms with Crippen LogP contribution in [0.1, 0.15) is 53.2 Å². The molecule has 1 fully saturated rings. The number of anilines is 1. The smallest absolute Gasteiger partial charge is 0.410 e. The van der Waals surface area contributed by atoms with E-state index in [1.165, 1.54) is 15.9 Å². The Morgan fingerprint density at radius 1 is 1.23 bits per heavy atom. The van der Waals surface area contributed by atoms with E-state index < -0.39 is 11.3 Å². The molecule has 4 heterocycles. The number of rotatable bonds is 3. The van der Waals surface area contributed by atoms with E-state index in [0.29, 0.717) is 41.5 Å². The number of ether oxygens (including phenoxy) is 1. The molecular formula is C23H28Cl2N6O3S. The number of halogens is 2. The third kappa shape index (κ3) is 5.10. The molecule has 0 unspecified atom stereocenters. The summed E-state index contributed by atoms with van der Waals surface area (Å²) in [5.41, 5.74) is 1.79. The Labute approximate surface area is 217 Å². The molecule has 0 aliphatic carbocycles. The van der Waals surface area contributed by atoms with E-state index in [1.807, 2.05) is 46.4 Å². The molecule has 1 atom stereocenters. The van der Waals surface area contributed by atoms with Gasteiger partial charge in [0.2, 0.25) is 0 Å². The standard InChI is InChI=1S/C23H28Cl2N6O3S/c1-12(2)16-20(35-11-26-16)31-19-14(9-15(24)17(25)27-19)18(28-21(31)32)30-8-7-29(10-13(30)3)22(33)34-23(4,5)6/h9,11-13H,7-8,10H2,1-6H3/t13-/m0/s1. The zero-order valence-electron chi connectivity index (χ0n) is 20.5. The van der Waals surface area contributed by atoms with Crippen molar-refractivity contribution in [3.63, 3.8) is 0 Å². The van der Waals surface area contributed by atoms with Crippen LogP contribution in [0.2, 0.25) is 10.2 Å². The number of hydrogen-bond acceptors (Lipinski definition) is 8. The van der Waals surface area contributed by atoms with E-state index in [2.05, 4.69) is 15.0 Å². The molecule has 188 valence electrons. The molecule has 0 radical (unpaired) electrons. The van der Waals surface area contributed by atoms with E-state index in [9.17, 15) is 9.59 Å². The minimum Gasteiger partial charge on any atom is -0.444 e. The van der Waals surface area contributed by atoms with Gasteiger partial charge in [-0.3, -0.25) is 0 Å². The Kier molecular flexibility index (Phi) is 7.00. The molecule has 0 N–H and O–H groups in total. The van der Waals surface area contributed by atoms with Gasteiger partial charge in [0.1, 0.15) is 21.6 Å². The number of piperazine rings is 1. The van der Waals surface area contributed by atoms with Crippen LogP contribution in [0.15, 0.2) is 16.4 Å². The summed E-state index contributed by atoms with van der Waals surface area (Å²) in [5.74, 6) is 0.556. The van der Waals surface area contributed by atoms with Crippen molar-refractivity contribution in [2.75, 3.05) is 24.5 Å². The summed E-state index contributed by atoms with van der Waals surface area (Å²) in [6.45, 7) is 12.8. The van der Waals surface area contributed by atoms with Crippen molar-refractivity contribution < 1.29 is 9.53 Å². The number of hydrogen-bond donors (Lipinski definition) is 0. The maximum atomic E-state index is 13.4. The first-order valence-electron chi connectivity index (χ1n) is 11.3. The number of carbonyl (C=O) groups excluding carboxylic acids is 1. The number of carbonyl (C=O) groups is 1. The van der Waals surface area contributed by atoms with Crippen LogP contribution in [0.3, 0.4) is 0 Å². The molecule has 0 spiro atoms. The molecule has 12 heteroatoms. The van der Waals surface area contributed by atoms with E-state index in [0.717, 1.165) is 5.69 Å². The normalized spacial score (nSPS) is 16.9. The second-order valence-electron chi connectivity index (χ2n) is 9.85. The zero-order chi connectivity index (χ0) is 25.7. The van der Waals surface area contributed by atoms with Gasteiger partial charge < -0.3 is 14.5 Å². The SMILES string of the molecule is CC(C)c1ncsc1-n1c(=O)nc(N2CCN(C(=O)OC(C)(C)C)C[C@@H]2C)c2cc(Cl)c(Cl)nc21. The Morgan fingerprint density at radius 2 is 1.94 bits per heavy atom. The largest absolute Gasteiger partial charge is 0.444 e. The van der Waals surface area contributed by atoms with Crippen LogP contribution in [0.25, 0.3) is 16.0 Å². The molecule has 0 saturated carbocycles. The number of thiazole rings is 1. The Hall–Kier alpha value is -2.43. The molecule has 4 rings (SSSR count). The quantitative estimate of drug-likeness (QED) is 0.427. The molecule has 1 saturated heterocycles. The highest BCUT2D eigenvalue weighted by atomic mass is 35.5. The van der Waals surface area contributed by atoms with E-state index in [-0.39, 0.29) is 28.2 Å². The molecule has 3 aromatic rings. The maximum Gasteiger partial charge on any atom is 0.410 e. The van der Waals surface area contributed by atoms with Gasteiger partial charge in [-0.2, -0.15) is 4.98 Å². The molecule has 9 nitrogen and oxygen atoms in total. The van der Waals surface area contributed by atoms with Crippen molar-refractivity contribution in [2.45, 2.75) is 59.1 Å². The second-order valence-corrected chi connectivity index (χ2v) is 11.5. The Morgan fingerprint density at radius 3 is 2.57 bits per heavy atom. The van der Waals surface area contributed by atoms with Gasteiger partial charge in [0.05, 0.1) is 21.6 Å². The van der Waals surface area contributed by atoms with Crippen LogP contribution in [0, 0.1) is 0 Å². The fourth-order valence-electron chi connectivity index (χ4n) is 4.06. The van der Waals surface area contributed by atoms with Gasteiger partial charge in [0.15, 0.2) is 5.65 Å². The fourth-order valence-corrected chi connectivity index (χ4v) is 5.29. The molecule has 0 bridgehead atoms. The summed E-state index contributed by atoms with van der Waals surface area (Å²) in [5, 5.41) is 1.62. The fraction of sp³-hybridized carbons (Fsp3) is 0.522. The van der Waals surface area contributed by atoms with Crippen molar-refractivity contribution in [2.24, 2.45) is 0 Å².